The number of fused-ring (bicyclic) bond motifs is 3. The van der Waals surface area contributed by atoms with Gasteiger partial charge >= 0.3 is 0 Å². The van der Waals surface area contributed by atoms with Gasteiger partial charge in [-0.3, -0.25) is 0 Å². The molecule has 1 aliphatic carbocycles. The van der Waals surface area contributed by atoms with Gasteiger partial charge in [-0.1, -0.05) is 6.07 Å². The second-order valence-corrected chi connectivity index (χ2v) is 4.13. The normalized spacial score (nSPS) is 15.8. The molecule has 14 heavy (non-hydrogen) atoms. The third kappa shape index (κ3) is 0.955. The van der Waals surface area contributed by atoms with Gasteiger partial charge in [-0.15, -0.1) is 0 Å². The molecule has 2 aromatic rings. The minimum absolute atomic E-state index is 1.25. The predicted octanol–water partition coefficient (Wildman–Crippen LogP) is 2.86. The molecule has 1 aromatic carbocycles. The molecule has 0 unspecified atom stereocenters. The summed E-state index contributed by atoms with van der Waals surface area (Å²) in [5.74, 6) is 0. The minimum Gasteiger partial charge on any atom is -0.347 e. The number of aromatic nitrogens is 1. The molecule has 1 heterocycles. The first-order valence-corrected chi connectivity index (χ1v) is 5.34. The molecule has 0 N–H and O–H groups in total. The van der Waals surface area contributed by atoms with Crippen LogP contribution in [-0.4, -0.2) is 4.57 Å². The van der Waals surface area contributed by atoms with Crippen molar-refractivity contribution in [2.24, 2.45) is 7.05 Å². The van der Waals surface area contributed by atoms with E-state index < -0.39 is 0 Å². The topological polar surface area (TPSA) is 4.93 Å². The number of nitrogens with zero attached hydrogens (tertiary/aromatic N) is 1. The van der Waals surface area contributed by atoms with Crippen LogP contribution in [0.2, 0.25) is 0 Å². The number of aryl methyl sites for hydroxylation is 2. The van der Waals surface area contributed by atoms with Gasteiger partial charge in [0.05, 0.1) is 0 Å². The summed E-state index contributed by atoms with van der Waals surface area (Å²) < 4.78 is 2.36. The third-order valence-corrected chi connectivity index (χ3v) is 3.37. The fraction of sp³-hybridized carbons (Fsp3) is 0.385. The van der Waals surface area contributed by atoms with Gasteiger partial charge in [0.1, 0.15) is 0 Å². The second-order valence-electron chi connectivity index (χ2n) is 4.13. The van der Waals surface area contributed by atoms with Crippen molar-refractivity contribution < 1.29 is 0 Å². The molecule has 0 amide bonds. The Kier molecular flexibility index (Phi) is 1.66. The zero-order chi connectivity index (χ0) is 9.54. The van der Waals surface area contributed by atoms with E-state index in [9.17, 15) is 0 Å². The second kappa shape index (κ2) is 2.88. The molecule has 1 aliphatic rings. The van der Waals surface area contributed by atoms with Crippen LogP contribution >= 0.6 is 0 Å². The first-order chi connectivity index (χ1) is 6.88. The summed E-state index contributed by atoms with van der Waals surface area (Å²) in [7, 11) is 2.19. The summed E-state index contributed by atoms with van der Waals surface area (Å²) in [6, 6.07) is 9.51. The van der Waals surface area contributed by atoms with Crippen LogP contribution in [0.4, 0.5) is 0 Å². The largest absolute Gasteiger partial charge is 0.347 e. The molecule has 0 saturated heterocycles. The molecule has 71 valence electrons. The zero-order valence-electron chi connectivity index (χ0n) is 8.51. The SMILES string of the molecule is Cn1c2c(c3c[c]ccc31)CCCC2. The first-order valence-electron chi connectivity index (χ1n) is 5.34. The van der Waals surface area contributed by atoms with E-state index in [1.54, 1.807) is 11.3 Å². The average Bonchev–Trinajstić information content (AvgIpc) is 2.55. The molecule has 0 saturated carbocycles. The fourth-order valence-electron chi connectivity index (χ4n) is 2.65. The van der Waals surface area contributed by atoms with Crippen molar-refractivity contribution in [1.29, 1.82) is 0 Å². The Morgan fingerprint density at radius 1 is 1.29 bits per heavy atom. The highest BCUT2D eigenvalue weighted by atomic mass is 14.9. The Morgan fingerprint density at radius 2 is 2.14 bits per heavy atom. The van der Waals surface area contributed by atoms with E-state index in [0.29, 0.717) is 0 Å². The summed E-state index contributed by atoms with van der Waals surface area (Å²) >= 11 is 0. The quantitative estimate of drug-likeness (QED) is 0.593. The summed E-state index contributed by atoms with van der Waals surface area (Å²) in [5.41, 5.74) is 4.49. The first kappa shape index (κ1) is 8.10. The van der Waals surface area contributed by atoms with E-state index in [-0.39, 0.29) is 0 Å². The molecular formula is C13H14N. The Bertz CT molecular complexity index is 479. The van der Waals surface area contributed by atoms with Gasteiger partial charge in [-0.05, 0) is 49.4 Å². The predicted molar refractivity (Wildman–Crippen MR) is 58.4 cm³/mol. The smallest absolute Gasteiger partial charge is 0.0483 e. The zero-order valence-corrected chi connectivity index (χ0v) is 8.51. The average molecular weight is 184 g/mol. The van der Waals surface area contributed by atoms with Crippen LogP contribution in [0, 0.1) is 6.07 Å². The number of benzene rings is 1. The molecule has 0 atom stereocenters. The Labute approximate surface area is 84.4 Å². The highest BCUT2D eigenvalue weighted by Gasteiger charge is 2.17. The summed E-state index contributed by atoms with van der Waals surface area (Å²) in [6.45, 7) is 0. The van der Waals surface area contributed by atoms with Gasteiger partial charge in [0.25, 0.3) is 0 Å². The van der Waals surface area contributed by atoms with Crippen molar-refractivity contribution in [3.63, 3.8) is 0 Å². The lowest BCUT2D eigenvalue weighted by Gasteiger charge is -2.12. The Hall–Kier alpha value is -1.24. The van der Waals surface area contributed by atoms with E-state index in [1.807, 2.05) is 6.07 Å². The molecule has 1 aromatic heterocycles. The lowest BCUT2D eigenvalue weighted by Crippen LogP contribution is -2.04. The standard InChI is InChI=1S/C13H14N/c1-14-12-8-4-2-6-10(12)11-7-3-5-9-13(11)14/h5,7,9H,2,4,6,8H2,1H3. The number of hydrogen-bond acceptors (Lipinski definition) is 0. The van der Waals surface area contributed by atoms with E-state index in [4.69, 9.17) is 0 Å². The van der Waals surface area contributed by atoms with Gasteiger partial charge < -0.3 is 4.57 Å². The van der Waals surface area contributed by atoms with Crippen LogP contribution in [0.5, 0.6) is 0 Å². The van der Waals surface area contributed by atoms with Crippen molar-refractivity contribution in [2.45, 2.75) is 25.7 Å². The summed E-state index contributed by atoms with van der Waals surface area (Å²) in [6.07, 6.45) is 5.20. The van der Waals surface area contributed by atoms with E-state index >= 15 is 0 Å². The van der Waals surface area contributed by atoms with Crippen LogP contribution in [0.15, 0.2) is 18.2 Å². The van der Waals surface area contributed by atoms with Gasteiger partial charge in [0, 0.05) is 23.6 Å². The highest BCUT2D eigenvalue weighted by Crippen LogP contribution is 2.30. The molecule has 0 fully saturated rings. The monoisotopic (exact) mass is 184 g/mol. The number of rotatable bonds is 0. The molecule has 1 radical (unpaired) electrons. The third-order valence-electron chi connectivity index (χ3n) is 3.37. The molecular weight excluding hydrogens is 170 g/mol. The van der Waals surface area contributed by atoms with Crippen LogP contribution in [0.3, 0.4) is 0 Å². The maximum Gasteiger partial charge on any atom is 0.0483 e. The van der Waals surface area contributed by atoms with Crippen LogP contribution in [-0.2, 0) is 19.9 Å². The highest BCUT2D eigenvalue weighted by molar-refractivity contribution is 5.85. The molecule has 0 spiro atoms. The summed E-state index contributed by atoms with van der Waals surface area (Å²) in [5, 5.41) is 1.42. The van der Waals surface area contributed by atoms with Crippen LogP contribution < -0.4 is 0 Å². The molecule has 1 heteroatoms. The van der Waals surface area contributed by atoms with Gasteiger partial charge in [-0.2, -0.15) is 0 Å². The van der Waals surface area contributed by atoms with Crippen LogP contribution in [0.25, 0.3) is 10.9 Å². The van der Waals surface area contributed by atoms with E-state index in [2.05, 4.69) is 29.8 Å². The van der Waals surface area contributed by atoms with Crippen molar-refractivity contribution in [1.82, 2.24) is 4.57 Å². The Morgan fingerprint density at radius 3 is 3.07 bits per heavy atom. The van der Waals surface area contributed by atoms with Gasteiger partial charge in [-0.25, -0.2) is 0 Å². The van der Waals surface area contributed by atoms with Crippen molar-refractivity contribution in [3.8, 4) is 0 Å². The maximum absolute atomic E-state index is 3.19. The lowest BCUT2D eigenvalue weighted by molar-refractivity contribution is 0.653. The van der Waals surface area contributed by atoms with Gasteiger partial charge in [0.2, 0.25) is 0 Å². The Balaban J connectivity index is 2.41. The fourth-order valence-corrected chi connectivity index (χ4v) is 2.65. The minimum atomic E-state index is 1.25. The molecule has 0 aliphatic heterocycles. The lowest BCUT2D eigenvalue weighted by atomic mass is 9.96. The molecule has 1 nitrogen and oxygen atoms in total. The molecule has 3 rings (SSSR count). The van der Waals surface area contributed by atoms with Crippen molar-refractivity contribution in [2.75, 3.05) is 0 Å². The van der Waals surface area contributed by atoms with Crippen LogP contribution in [0.1, 0.15) is 24.1 Å². The van der Waals surface area contributed by atoms with E-state index in [1.165, 1.54) is 36.6 Å². The van der Waals surface area contributed by atoms with Gasteiger partial charge in [0.15, 0.2) is 0 Å². The summed E-state index contributed by atoms with van der Waals surface area (Å²) in [4.78, 5) is 0. The van der Waals surface area contributed by atoms with Crippen molar-refractivity contribution in [3.05, 3.63) is 35.5 Å². The van der Waals surface area contributed by atoms with E-state index in [0.717, 1.165) is 0 Å². The molecule has 0 bridgehead atoms. The number of hydrogen-bond donors (Lipinski definition) is 0. The van der Waals surface area contributed by atoms with Crippen molar-refractivity contribution >= 4 is 10.9 Å². The maximum atomic E-state index is 3.19.